The van der Waals surface area contributed by atoms with Crippen LogP contribution in [0, 0.1) is 0 Å². The third-order valence-electron chi connectivity index (χ3n) is 7.94. The van der Waals surface area contributed by atoms with Crippen molar-refractivity contribution in [2.45, 2.75) is 159 Å². The van der Waals surface area contributed by atoms with E-state index in [-0.39, 0.29) is 38.5 Å². The minimum absolute atomic E-state index is 0.140. The van der Waals surface area contributed by atoms with Crippen LogP contribution in [0.3, 0.4) is 0 Å². The van der Waals surface area contributed by atoms with Gasteiger partial charge in [-0.15, -0.1) is 0 Å². The molecule has 49 heavy (non-hydrogen) atoms. The van der Waals surface area contributed by atoms with Gasteiger partial charge in [0.15, 0.2) is 0 Å². The Balaban J connectivity index is 4.21. The van der Waals surface area contributed by atoms with Gasteiger partial charge in [-0.3, -0.25) is 24.0 Å². The van der Waals surface area contributed by atoms with Crippen LogP contribution in [-0.4, -0.2) is 86.1 Å². The van der Waals surface area contributed by atoms with Gasteiger partial charge in [-0.25, -0.2) is 14.4 Å². The Morgan fingerprint density at radius 2 is 0.653 bits per heavy atom. The van der Waals surface area contributed by atoms with E-state index >= 15 is 0 Å². The van der Waals surface area contributed by atoms with Crippen molar-refractivity contribution in [1.82, 2.24) is 16.0 Å². The zero-order valence-electron chi connectivity index (χ0n) is 28.4. The fourth-order valence-electron chi connectivity index (χ4n) is 5.09. The molecule has 0 aliphatic heterocycles. The number of rotatable bonds is 32. The van der Waals surface area contributed by atoms with Gasteiger partial charge < -0.3 is 42.1 Å². The van der Waals surface area contributed by atoms with Crippen molar-refractivity contribution in [3.8, 4) is 0 Å². The van der Waals surface area contributed by atoms with Gasteiger partial charge in [0.05, 0.1) is 0 Å². The third kappa shape index (κ3) is 26.4. The van der Waals surface area contributed by atoms with Gasteiger partial charge in [0, 0.05) is 32.1 Å². The van der Waals surface area contributed by atoms with Gasteiger partial charge in [0.1, 0.15) is 18.1 Å². The zero-order chi connectivity index (χ0) is 37.0. The number of aliphatic carboxylic acids is 4. The summed E-state index contributed by atoms with van der Waals surface area (Å²) in [5.74, 6) is -7.76. The van der Waals surface area contributed by atoms with E-state index in [0.717, 1.165) is 57.8 Å². The molecule has 0 aromatic rings. The SMILES string of the molecule is NC(=O)CC[C@H](NC(=O)CC[C@H](NC(=O)CC[C@H](NC(=O)CCCCCCCCCCCCCCCCC(=O)O)C(=O)O)C(=O)O)C(=O)O. The lowest BCUT2D eigenvalue weighted by molar-refractivity contribution is -0.144. The second-order valence-electron chi connectivity index (χ2n) is 12.3. The number of carbonyl (C=O) groups is 8. The number of carboxylic acid groups (broad SMARTS) is 4. The monoisotopic (exact) mass is 700 g/mol. The molecule has 0 unspecified atom stereocenters. The molecule has 0 aromatic heterocycles. The lowest BCUT2D eigenvalue weighted by Gasteiger charge is -2.18. The number of hydrogen-bond donors (Lipinski definition) is 8. The van der Waals surface area contributed by atoms with Gasteiger partial charge in [0.25, 0.3) is 0 Å². The molecule has 4 amide bonds. The van der Waals surface area contributed by atoms with E-state index in [2.05, 4.69) is 16.0 Å². The number of carbonyl (C=O) groups excluding carboxylic acids is 4. The maximum atomic E-state index is 12.4. The molecule has 0 heterocycles. The molecule has 0 aromatic carbocycles. The van der Waals surface area contributed by atoms with Crippen molar-refractivity contribution >= 4 is 47.5 Å². The lowest BCUT2D eigenvalue weighted by atomic mass is 10.0. The van der Waals surface area contributed by atoms with Crippen molar-refractivity contribution in [1.29, 1.82) is 0 Å². The van der Waals surface area contributed by atoms with Crippen LogP contribution in [0.2, 0.25) is 0 Å². The van der Waals surface area contributed by atoms with Crippen LogP contribution in [0.4, 0.5) is 0 Å². The number of carboxylic acids is 4. The van der Waals surface area contributed by atoms with Gasteiger partial charge in [-0.1, -0.05) is 77.0 Å². The first-order valence-electron chi connectivity index (χ1n) is 17.3. The summed E-state index contributed by atoms with van der Waals surface area (Å²) >= 11 is 0. The average molecular weight is 701 g/mol. The van der Waals surface area contributed by atoms with Crippen LogP contribution < -0.4 is 21.7 Å². The van der Waals surface area contributed by atoms with Crippen LogP contribution >= 0.6 is 0 Å². The number of nitrogens with one attached hydrogen (secondary N) is 3. The quantitative estimate of drug-likeness (QED) is 0.0470. The van der Waals surface area contributed by atoms with Gasteiger partial charge in [-0.2, -0.15) is 0 Å². The molecule has 16 heteroatoms. The minimum atomic E-state index is -1.51. The molecule has 0 aliphatic rings. The molecule has 16 nitrogen and oxygen atoms in total. The number of primary amides is 1. The standard InChI is InChI=1S/C33H56N4O12/c34-26(38)20-17-23(31(44)45)36-28(40)22-19-25(33(48)49)37-29(41)21-18-24(32(46)47)35-27(39)15-13-11-9-7-5-3-1-2-4-6-8-10-12-14-16-30(42)43/h23-25H,1-22H2,(H2,34,38)(H,35,39)(H,36,40)(H,37,41)(H,42,43)(H,44,45)(H,46,47)(H,48,49)/t23-,24-,25-/m0/s1. The molecule has 0 saturated carbocycles. The summed E-state index contributed by atoms with van der Waals surface area (Å²) in [7, 11) is 0. The smallest absolute Gasteiger partial charge is 0.326 e. The Bertz CT molecular complexity index is 1070. The highest BCUT2D eigenvalue weighted by atomic mass is 16.4. The second-order valence-corrected chi connectivity index (χ2v) is 12.3. The molecule has 0 aliphatic carbocycles. The molecule has 0 spiro atoms. The number of unbranched alkanes of at least 4 members (excludes halogenated alkanes) is 13. The third-order valence-corrected chi connectivity index (χ3v) is 7.94. The topological polar surface area (TPSA) is 280 Å². The molecule has 280 valence electrons. The van der Waals surface area contributed by atoms with Crippen LogP contribution in [0.15, 0.2) is 0 Å². The first-order valence-corrected chi connectivity index (χ1v) is 17.3. The number of amides is 4. The average Bonchev–Trinajstić information content (AvgIpc) is 3.02. The predicted molar refractivity (Wildman–Crippen MR) is 177 cm³/mol. The largest absolute Gasteiger partial charge is 0.481 e. The van der Waals surface area contributed by atoms with Crippen LogP contribution in [-0.2, 0) is 38.4 Å². The van der Waals surface area contributed by atoms with Gasteiger partial charge >= 0.3 is 23.9 Å². The summed E-state index contributed by atoms with van der Waals surface area (Å²) in [6.45, 7) is 0. The molecule has 9 N–H and O–H groups in total. The fourth-order valence-corrected chi connectivity index (χ4v) is 5.09. The highest BCUT2D eigenvalue weighted by Crippen LogP contribution is 2.14. The van der Waals surface area contributed by atoms with Crippen molar-refractivity contribution < 1.29 is 58.8 Å². The predicted octanol–water partition coefficient (Wildman–Crippen LogP) is 2.85. The zero-order valence-corrected chi connectivity index (χ0v) is 28.4. The highest BCUT2D eigenvalue weighted by Gasteiger charge is 2.26. The molecule has 0 bridgehead atoms. The molecule has 0 fully saturated rings. The van der Waals surface area contributed by atoms with Crippen LogP contribution in [0.25, 0.3) is 0 Å². The minimum Gasteiger partial charge on any atom is -0.481 e. The maximum Gasteiger partial charge on any atom is 0.326 e. The molecule has 0 rings (SSSR count). The Labute approximate surface area is 287 Å². The number of hydrogen-bond acceptors (Lipinski definition) is 8. The first kappa shape index (κ1) is 44.8. The summed E-state index contributed by atoms with van der Waals surface area (Å²) in [4.78, 5) is 92.6. The normalized spacial score (nSPS) is 12.7. The maximum absolute atomic E-state index is 12.4. The van der Waals surface area contributed by atoms with E-state index in [9.17, 15) is 48.6 Å². The van der Waals surface area contributed by atoms with Crippen molar-refractivity contribution in [2.24, 2.45) is 5.73 Å². The van der Waals surface area contributed by atoms with E-state index in [1.54, 1.807) is 0 Å². The lowest BCUT2D eigenvalue weighted by Crippen LogP contribution is -2.45. The van der Waals surface area contributed by atoms with E-state index in [4.69, 9.17) is 15.9 Å². The van der Waals surface area contributed by atoms with Gasteiger partial charge in [-0.05, 0) is 32.1 Å². The summed E-state index contributed by atoms with van der Waals surface area (Å²) < 4.78 is 0. The van der Waals surface area contributed by atoms with E-state index in [1.165, 1.54) is 25.7 Å². The van der Waals surface area contributed by atoms with E-state index in [1.807, 2.05) is 0 Å². The summed E-state index contributed by atoms with van der Waals surface area (Å²) in [6, 6.07) is -4.26. The van der Waals surface area contributed by atoms with Crippen LogP contribution in [0.5, 0.6) is 0 Å². The van der Waals surface area contributed by atoms with E-state index < -0.39 is 78.5 Å². The highest BCUT2D eigenvalue weighted by molar-refractivity contribution is 5.87. The fraction of sp³-hybridized carbons (Fsp3) is 0.758. The summed E-state index contributed by atoms with van der Waals surface area (Å²) in [6.07, 6.45) is 12.8. The molecule has 0 saturated heterocycles. The van der Waals surface area contributed by atoms with E-state index in [0.29, 0.717) is 6.42 Å². The van der Waals surface area contributed by atoms with Crippen molar-refractivity contribution in [2.75, 3.05) is 0 Å². The Morgan fingerprint density at radius 1 is 0.388 bits per heavy atom. The first-order chi connectivity index (χ1) is 23.2. The Morgan fingerprint density at radius 3 is 0.939 bits per heavy atom. The molecular formula is C33H56N4O12. The number of nitrogens with two attached hydrogens (primary N) is 1. The Hall–Kier alpha value is -4.24. The summed E-state index contributed by atoms with van der Waals surface area (Å²) in [5.41, 5.74) is 4.99. The van der Waals surface area contributed by atoms with Crippen molar-refractivity contribution in [3.05, 3.63) is 0 Å². The molecular weight excluding hydrogens is 644 g/mol. The Kier molecular flexibility index (Phi) is 25.3. The van der Waals surface area contributed by atoms with Gasteiger partial charge in [0.2, 0.25) is 23.6 Å². The molecule has 0 radical (unpaired) electrons. The van der Waals surface area contributed by atoms with Crippen molar-refractivity contribution in [3.63, 3.8) is 0 Å². The summed E-state index contributed by atoms with van der Waals surface area (Å²) in [5, 5.41) is 43.5. The second kappa shape index (κ2) is 27.7. The molecule has 3 atom stereocenters. The van der Waals surface area contributed by atoms with Crippen LogP contribution in [0.1, 0.15) is 141 Å².